The minimum absolute atomic E-state index is 0.559. The summed E-state index contributed by atoms with van der Waals surface area (Å²) < 4.78 is 4.66. The molecule has 5 nitrogen and oxygen atoms in total. The lowest BCUT2D eigenvalue weighted by molar-refractivity contribution is 0.953. The second-order valence-corrected chi connectivity index (χ2v) is 16.0. The standard InChI is InChI=1S/C58H39N5/c1-5-19-39(20-6-1)42-25-17-26-43(37-42)45-36-35-44(38-54(45)62-51-32-12-4-11-27-47(51)48-28-13-15-33-52(48)62)57-59-56(41-23-9-3-10-24-41)60-58(61-57)63-53-34-16-14-29-49(53)50-31-18-30-46(55(50)63)40-21-7-2-8-22-40/h1-26,28-38H,27H2. The zero-order valence-corrected chi connectivity index (χ0v) is 34.3. The molecule has 0 saturated heterocycles. The van der Waals surface area contributed by atoms with E-state index in [-0.39, 0.29) is 0 Å². The Morgan fingerprint density at radius 3 is 1.76 bits per heavy atom. The van der Waals surface area contributed by atoms with Gasteiger partial charge in [0.25, 0.3) is 0 Å². The van der Waals surface area contributed by atoms with Crippen LogP contribution in [0.5, 0.6) is 0 Å². The molecule has 1 aliphatic carbocycles. The van der Waals surface area contributed by atoms with Crippen LogP contribution in [0.2, 0.25) is 0 Å². The minimum atomic E-state index is 0.559. The summed E-state index contributed by atoms with van der Waals surface area (Å²) in [5.74, 6) is 1.76. The van der Waals surface area contributed by atoms with Gasteiger partial charge in [-0.2, -0.15) is 9.97 Å². The highest BCUT2D eigenvalue weighted by Gasteiger charge is 2.23. The van der Waals surface area contributed by atoms with Crippen LogP contribution in [0.1, 0.15) is 11.3 Å². The number of aromatic nitrogens is 5. The molecule has 0 N–H and O–H groups in total. The lowest BCUT2D eigenvalue weighted by Crippen LogP contribution is -2.07. The quantitative estimate of drug-likeness (QED) is 0.161. The third kappa shape index (κ3) is 6.29. The maximum atomic E-state index is 5.46. The van der Waals surface area contributed by atoms with Crippen molar-refractivity contribution in [1.29, 1.82) is 0 Å². The van der Waals surface area contributed by atoms with Crippen molar-refractivity contribution in [3.05, 3.63) is 230 Å². The van der Waals surface area contributed by atoms with Gasteiger partial charge in [-0.15, -0.1) is 0 Å². The number of para-hydroxylation sites is 3. The van der Waals surface area contributed by atoms with Crippen molar-refractivity contribution < 1.29 is 0 Å². The number of hydrogen-bond acceptors (Lipinski definition) is 3. The predicted octanol–water partition coefficient (Wildman–Crippen LogP) is 14.4. The van der Waals surface area contributed by atoms with Crippen molar-refractivity contribution >= 4 is 38.8 Å². The molecule has 3 heterocycles. The van der Waals surface area contributed by atoms with Gasteiger partial charge in [-0.3, -0.25) is 4.57 Å². The molecule has 0 amide bonds. The molecule has 11 aromatic rings. The zero-order chi connectivity index (χ0) is 41.7. The van der Waals surface area contributed by atoms with Gasteiger partial charge in [0.2, 0.25) is 5.95 Å². The number of allylic oxidation sites excluding steroid dienone is 3. The number of nitrogens with zero attached hydrogens (tertiary/aromatic N) is 5. The lowest BCUT2D eigenvalue weighted by atomic mass is 9.96. The Labute approximate surface area is 365 Å². The molecule has 0 fully saturated rings. The summed E-state index contributed by atoms with van der Waals surface area (Å²) in [7, 11) is 0. The van der Waals surface area contributed by atoms with Crippen LogP contribution in [0.4, 0.5) is 0 Å². The molecule has 1 aliphatic rings. The van der Waals surface area contributed by atoms with Crippen LogP contribution in [-0.4, -0.2) is 24.1 Å². The molecular weight excluding hydrogens is 767 g/mol. The first-order valence-corrected chi connectivity index (χ1v) is 21.4. The van der Waals surface area contributed by atoms with Crippen LogP contribution in [0.25, 0.3) is 107 Å². The van der Waals surface area contributed by atoms with E-state index < -0.39 is 0 Å². The molecule has 0 saturated carbocycles. The molecule has 296 valence electrons. The zero-order valence-electron chi connectivity index (χ0n) is 34.3. The smallest absolute Gasteiger partial charge is 0.238 e. The van der Waals surface area contributed by atoms with E-state index in [2.05, 4.69) is 215 Å². The van der Waals surface area contributed by atoms with Gasteiger partial charge in [-0.25, -0.2) is 4.98 Å². The van der Waals surface area contributed by atoms with E-state index in [1.54, 1.807) is 0 Å². The highest BCUT2D eigenvalue weighted by molar-refractivity contribution is 6.13. The lowest BCUT2D eigenvalue weighted by Gasteiger charge is -2.18. The highest BCUT2D eigenvalue weighted by atomic mass is 15.2. The monoisotopic (exact) mass is 805 g/mol. The molecule has 0 unspecified atom stereocenters. The van der Waals surface area contributed by atoms with E-state index in [9.17, 15) is 0 Å². The van der Waals surface area contributed by atoms with Crippen molar-refractivity contribution in [2.75, 3.05) is 0 Å². The second-order valence-electron chi connectivity index (χ2n) is 16.0. The fourth-order valence-corrected chi connectivity index (χ4v) is 9.37. The molecule has 0 aliphatic heterocycles. The van der Waals surface area contributed by atoms with Gasteiger partial charge in [0, 0.05) is 38.4 Å². The molecule has 0 radical (unpaired) electrons. The fraction of sp³-hybridized carbons (Fsp3) is 0.0172. The molecule has 5 heteroatoms. The van der Waals surface area contributed by atoms with E-state index >= 15 is 0 Å². The molecule has 12 rings (SSSR count). The Morgan fingerprint density at radius 1 is 0.381 bits per heavy atom. The minimum Gasteiger partial charge on any atom is -0.309 e. The predicted molar refractivity (Wildman–Crippen MR) is 260 cm³/mol. The summed E-state index contributed by atoms with van der Waals surface area (Å²) >= 11 is 0. The molecule has 0 atom stereocenters. The van der Waals surface area contributed by atoms with Gasteiger partial charge in [-0.1, -0.05) is 194 Å². The van der Waals surface area contributed by atoms with Gasteiger partial charge in [0.15, 0.2) is 11.6 Å². The summed E-state index contributed by atoms with van der Waals surface area (Å²) in [6.45, 7) is 0. The summed E-state index contributed by atoms with van der Waals surface area (Å²) in [6.07, 6.45) is 9.64. The SMILES string of the molecule is C1=CCc2c(n(-c3cc(-c4nc(-c5ccccc5)nc(-n5c6ccccc6c6cccc(-c7ccccc7)c65)n4)ccc3-c3cccc(-c4ccccc4)c3)c3ccccc23)C=C1. The molecular formula is C58H39N5. The third-order valence-corrected chi connectivity index (χ3v) is 12.3. The van der Waals surface area contributed by atoms with Crippen molar-refractivity contribution in [2.24, 2.45) is 0 Å². The van der Waals surface area contributed by atoms with Crippen LogP contribution in [-0.2, 0) is 6.42 Å². The van der Waals surface area contributed by atoms with Gasteiger partial charge >= 0.3 is 0 Å². The maximum Gasteiger partial charge on any atom is 0.238 e. The second kappa shape index (κ2) is 15.2. The summed E-state index contributed by atoms with van der Waals surface area (Å²) in [5.41, 5.74) is 15.4. The molecule has 8 aromatic carbocycles. The van der Waals surface area contributed by atoms with Crippen LogP contribution < -0.4 is 0 Å². The molecule has 3 aromatic heterocycles. The van der Waals surface area contributed by atoms with Crippen molar-refractivity contribution in [2.45, 2.75) is 6.42 Å². The Hall–Kier alpha value is -8.41. The number of hydrogen-bond donors (Lipinski definition) is 0. The van der Waals surface area contributed by atoms with Gasteiger partial charge < -0.3 is 4.57 Å². The summed E-state index contributed by atoms with van der Waals surface area (Å²) in [5, 5.41) is 3.52. The average Bonchev–Trinajstić information content (AvgIpc) is 3.75. The third-order valence-electron chi connectivity index (χ3n) is 12.3. The van der Waals surface area contributed by atoms with Crippen molar-refractivity contribution in [3.63, 3.8) is 0 Å². The average molecular weight is 806 g/mol. The summed E-state index contributed by atoms with van der Waals surface area (Å²) in [6, 6.07) is 70.8. The highest BCUT2D eigenvalue weighted by Crippen LogP contribution is 2.41. The summed E-state index contributed by atoms with van der Waals surface area (Å²) in [4.78, 5) is 16.1. The maximum absolute atomic E-state index is 5.46. The van der Waals surface area contributed by atoms with Crippen LogP contribution in [0.15, 0.2) is 218 Å². The molecule has 0 bridgehead atoms. The Balaban J connectivity index is 1.14. The van der Waals surface area contributed by atoms with Crippen molar-refractivity contribution in [3.8, 4) is 67.8 Å². The van der Waals surface area contributed by atoms with Gasteiger partial charge in [-0.05, 0) is 64.6 Å². The first-order chi connectivity index (χ1) is 31.3. The number of benzene rings is 8. The van der Waals surface area contributed by atoms with Crippen LogP contribution in [0, 0.1) is 0 Å². The van der Waals surface area contributed by atoms with Crippen molar-refractivity contribution in [1.82, 2.24) is 24.1 Å². The number of rotatable bonds is 7. The topological polar surface area (TPSA) is 48.5 Å². The van der Waals surface area contributed by atoms with Crippen LogP contribution >= 0.6 is 0 Å². The first kappa shape index (κ1) is 36.4. The molecule has 0 spiro atoms. The number of fused-ring (bicyclic) bond motifs is 6. The Morgan fingerprint density at radius 2 is 0.984 bits per heavy atom. The van der Waals surface area contributed by atoms with E-state index in [0.29, 0.717) is 17.6 Å². The van der Waals surface area contributed by atoms with E-state index in [4.69, 9.17) is 15.0 Å². The first-order valence-electron chi connectivity index (χ1n) is 21.4. The van der Waals surface area contributed by atoms with E-state index in [1.165, 1.54) is 27.8 Å². The van der Waals surface area contributed by atoms with E-state index in [0.717, 1.165) is 72.8 Å². The van der Waals surface area contributed by atoms with Crippen LogP contribution in [0.3, 0.4) is 0 Å². The van der Waals surface area contributed by atoms with E-state index in [1.807, 2.05) is 18.2 Å². The molecule has 63 heavy (non-hydrogen) atoms. The normalized spacial score (nSPS) is 12.3. The largest absolute Gasteiger partial charge is 0.309 e. The Kier molecular flexibility index (Phi) is 8.82. The van der Waals surface area contributed by atoms with Gasteiger partial charge in [0.1, 0.15) is 0 Å². The fourth-order valence-electron chi connectivity index (χ4n) is 9.37. The Bertz CT molecular complexity index is 3580. The van der Waals surface area contributed by atoms with Gasteiger partial charge in [0.05, 0.1) is 27.9 Å².